The van der Waals surface area contributed by atoms with E-state index < -0.39 is 11.7 Å². The molecule has 4 fully saturated rings. The number of pyridine rings is 1. The van der Waals surface area contributed by atoms with Gasteiger partial charge in [0, 0.05) is 36.8 Å². The zero-order chi connectivity index (χ0) is 32.0. The second kappa shape index (κ2) is 15.0. The van der Waals surface area contributed by atoms with Gasteiger partial charge in [0.1, 0.15) is 24.0 Å². The number of phenolic OH excluding ortho intramolecular Hbond substituents is 1. The number of ether oxygens (including phenoxy) is 1. The number of aromatic amines is 1. The second-order valence-corrected chi connectivity index (χ2v) is 14.4. The Bertz CT molecular complexity index is 1470. The van der Waals surface area contributed by atoms with Crippen LogP contribution >= 0.6 is 0 Å². The molecule has 3 aromatic rings. The summed E-state index contributed by atoms with van der Waals surface area (Å²) in [6, 6.07) is 16.5. The fourth-order valence-electron chi connectivity index (χ4n) is 8.31. The highest BCUT2D eigenvalue weighted by molar-refractivity contribution is 5.87. The number of unbranched alkanes of at least 4 members (excludes halogenated alkanes) is 5. The van der Waals surface area contributed by atoms with Crippen molar-refractivity contribution in [1.82, 2.24) is 10.3 Å². The van der Waals surface area contributed by atoms with Crippen molar-refractivity contribution in [3.63, 3.8) is 0 Å². The molecule has 1 aromatic heterocycles. The summed E-state index contributed by atoms with van der Waals surface area (Å²) < 4.78 is 7.87. The third-order valence-electron chi connectivity index (χ3n) is 11.5. The predicted molar refractivity (Wildman–Crippen MR) is 182 cm³/mol. The van der Waals surface area contributed by atoms with E-state index in [1.165, 1.54) is 87.6 Å². The van der Waals surface area contributed by atoms with Crippen LogP contribution in [0.1, 0.15) is 87.9 Å². The van der Waals surface area contributed by atoms with Crippen molar-refractivity contribution in [2.45, 2.75) is 88.4 Å². The average molecular weight is 633 g/mol. The van der Waals surface area contributed by atoms with E-state index in [2.05, 4.69) is 22.4 Å². The van der Waals surface area contributed by atoms with Gasteiger partial charge in [0.05, 0.1) is 37.9 Å². The summed E-state index contributed by atoms with van der Waals surface area (Å²) in [6.45, 7) is 6.62. The van der Waals surface area contributed by atoms with Crippen LogP contribution < -0.4 is 10.9 Å². The van der Waals surface area contributed by atoms with E-state index in [-0.39, 0.29) is 17.4 Å². The molecule has 1 saturated carbocycles. The summed E-state index contributed by atoms with van der Waals surface area (Å²) in [4.78, 5) is 14.3. The van der Waals surface area contributed by atoms with Crippen molar-refractivity contribution in [3.05, 3.63) is 76.1 Å². The maximum absolute atomic E-state index is 11.8. The predicted octanol–water partition coefficient (Wildman–Crippen LogP) is 5.51. The van der Waals surface area contributed by atoms with Crippen LogP contribution in [0.25, 0.3) is 10.9 Å². The van der Waals surface area contributed by atoms with Crippen LogP contribution in [0.3, 0.4) is 0 Å². The molecule has 1 unspecified atom stereocenters. The van der Waals surface area contributed by atoms with Gasteiger partial charge in [0.25, 0.3) is 0 Å². The van der Waals surface area contributed by atoms with Gasteiger partial charge in [-0.05, 0) is 67.8 Å². The van der Waals surface area contributed by atoms with Gasteiger partial charge in [-0.15, -0.1) is 0 Å². The molecule has 3 aliphatic heterocycles. The number of nitrogens with one attached hydrogen (secondary N) is 2. The van der Waals surface area contributed by atoms with Crippen molar-refractivity contribution >= 4 is 10.9 Å². The zero-order valence-electron chi connectivity index (χ0n) is 27.3. The van der Waals surface area contributed by atoms with Gasteiger partial charge in [-0.1, -0.05) is 62.1 Å². The molecule has 8 nitrogen and oxygen atoms in total. The number of quaternary nitrogens is 1. The number of fused-ring (bicyclic) bond motifs is 4. The van der Waals surface area contributed by atoms with E-state index in [1.54, 1.807) is 12.1 Å². The second-order valence-electron chi connectivity index (χ2n) is 14.4. The maximum Gasteiger partial charge on any atom is 0.248 e. The number of nitrogens with zero attached hydrogens (tertiary/aromatic N) is 1. The highest BCUT2D eigenvalue weighted by atomic mass is 16.5. The standard InChI is InChI=1S/C38H53N3O5/c42-33-17-15-31(32-16-18-36(44)40-37(32)33)34(43)25-39-21-8-3-1-2-4-9-22-41-23-19-28(20-24-41)35(26-41)46-27-38(45,30-13-10-14-30)29-11-6-5-7-12-29/h5-7,11-12,15-18,28,30,34-35,39,43,45H,1-4,8-10,13-14,19-27H2,(H-,40,42,44)/p+1/t28?,34-,35-,38?,41?/m0/s1. The summed E-state index contributed by atoms with van der Waals surface area (Å²) in [7, 11) is 0. The summed E-state index contributed by atoms with van der Waals surface area (Å²) in [5.74, 6) is 0.954. The Morgan fingerprint density at radius 3 is 2.41 bits per heavy atom. The lowest BCUT2D eigenvalue weighted by Crippen LogP contribution is -2.64. The van der Waals surface area contributed by atoms with E-state index in [9.17, 15) is 20.1 Å². The summed E-state index contributed by atoms with van der Waals surface area (Å²) >= 11 is 0. The lowest BCUT2D eigenvalue weighted by molar-refractivity contribution is -0.946. The Labute approximate surface area is 273 Å². The first-order valence-electron chi connectivity index (χ1n) is 17.9. The quantitative estimate of drug-likeness (QED) is 0.0991. The Balaban J connectivity index is 0.867. The van der Waals surface area contributed by atoms with Crippen molar-refractivity contribution in [1.29, 1.82) is 0 Å². The molecule has 5 N–H and O–H groups in total. The number of benzene rings is 2. The topological polar surface area (TPSA) is 115 Å². The summed E-state index contributed by atoms with van der Waals surface area (Å²) in [5, 5.41) is 36.7. The molecule has 3 atom stereocenters. The Morgan fingerprint density at radius 1 is 0.935 bits per heavy atom. The molecule has 250 valence electrons. The number of hydrogen-bond donors (Lipinski definition) is 5. The first-order chi connectivity index (χ1) is 22.4. The third-order valence-corrected chi connectivity index (χ3v) is 11.5. The molecule has 4 heterocycles. The molecule has 3 saturated heterocycles. The molecule has 0 radical (unpaired) electrons. The molecule has 8 heteroatoms. The number of hydrogen-bond acceptors (Lipinski definition) is 6. The van der Waals surface area contributed by atoms with Crippen molar-refractivity contribution in [3.8, 4) is 5.75 Å². The van der Waals surface area contributed by atoms with Gasteiger partial charge in [-0.2, -0.15) is 0 Å². The van der Waals surface area contributed by atoms with E-state index in [4.69, 9.17) is 4.74 Å². The minimum Gasteiger partial charge on any atom is -0.506 e. The molecule has 2 aromatic carbocycles. The van der Waals surface area contributed by atoms with Crippen LogP contribution in [0.2, 0.25) is 0 Å². The normalized spacial score (nSPS) is 24.9. The van der Waals surface area contributed by atoms with Crippen LogP contribution in [0.4, 0.5) is 0 Å². The third kappa shape index (κ3) is 7.52. The smallest absolute Gasteiger partial charge is 0.248 e. The number of aromatic hydroxyl groups is 1. The van der Waals surface area contributed by atoms with E-state index in [0.717, 1.165) is 37.9 Å². The van der Waals surface area contributed by atoms with Crippen LogP contribution in [-0.2, 0) is 10.3 Å². The minimum atomic E-state index is -0.865. The number of rotatable bonds is 17. The number of aliphatic hydroxyl groups excluding tert-OH is 1. The van der Waals surface area contributed by atoms with E-state index in [0.29, 0.717) is 41.5 Å². The number of H-pyrrole nitrogens is 1. The number of phenols is 1. The number of aromatic nitrogens is 1. The largest absolute Gasteiger partial charge is 0.506 e. The van der Waals surface area contributed by atoms with Gasteiger partial charge in [-0.3, -0.25) is 4.79 Å². The van der Waals surface area contributed by atoms with Crippen molar-refractivity contribution < 1.29 is 24.5 Å². The van der Waals surface area contributed by atoms with Crippen LogP contribution in [0.5, 0.6) is 5.75 Å². The average Bonchev–Trinajstić information content (AvgIpc) is 3.05. The molecule has 7 rings (SSSR count). The van der Waals surface area contributed by atoms with Gasteiger partial charge in [0.2, 0.25) is 5.56 Å². The molecule has 2 bridgehead atoms. The molecular formula is C38H54N3O5+. The minimum absolute atomic E-state index is 0.00625. The van der Waals surface area contributed by atoms with E-state index in [1.807, 2.05) is 18.2 Å². The highest BCUT2D eigenvalue weighted by Crippen LogP contribution is 2.44. The molecule has 46 heavy (non-hydrogen) atoms. The van der Waals surface area contributed by atoms with Crippen molar-refractivity contribution in [2.75, 3.05) is 45.9 Å². The fourth-order valence-corrected chi connectivity index (χ4v) is 8.31. The molecular weight excluding hydrogens is 578 g/mol. The molecule has 0 amide bonds. The summed E-state index contributed by atoms with van der Waals surface area (Å²) in [6.07, 6.45) is 12.7. The first-order valence-corrected chi connectivity index (χ1v) is 17.9. The maximum atomic E-state index is 11.8. The molecule has 0 spiro atoms. The fraction of sp³-hybridized carbons (Fsp3) is 0.605. The molecule has 1 aliphatic carbocycles. The number of piperidine rings is 3. The zero-order valence-corrected chi connectivity index (χ0v) is 27.3. The van der Waals surface area contributed by atoms with Crippen LogP contribution in [0.15, 0.2) is 59.4 Å². The Morgan fingerprint density at radius 2 is 1.67 bits per heavy atom. The monoisotopic (exact) mass is 632 g/mol. The highest BCUT2D eigenvalue weighted by Gasteiger charge is 2.48. The molecule has 4 aliphatic rings. The van der Waals surface area contributed by atoms with Gasteiger partial charge < -0.3 is 34.8 Å². The van der Waals surface area contributed by atoms with Gasteiger partial charge >= 0.3 is 0 Å². The Kier molecular flexibility index (Phi) is 10.8. The van der Waals surface area contributed by atoms with Crippen LogP contribution in [0, 0.1) is 11.8 Å². The first kappa shape index (κ1) is 33.2. The number of aliphatic hydroxyl groups is 2. The van der Waals surface area contributed by atoms with Crippen LogP contribution in [-0.4, -0.2) is 76.8 Å². The van der Waals surface area contributed by atoms with Crippen molar-refractivity contribution in [2.24, 2.45) is 11.8 Å². The van der Waals surface area contributed by atoms with E-state index >= 15 is 0 Å². The lowest BCUT2D eigenvalue weighted by atomic mass is 9.70. The Hall–Kier alpha value is -2.75. The SMILES string of the molecule is O=c1ccc2c([C@@H](O)CNCCCCCCCC[N+]34CCC(CC3)[C@@H](OCC(O)(c3ccccc3)C3CCC3)C4)ccc(O)c2[nH]1. The summed E-state index contributed by atoms with van der Waals surface area (Å²) in [5.41, 5.74) is 0.930. The lowest BCUT2D eigenvalue weighted by Gasteiger charge is -2.53. The van der Waals surface area contributed by atoms with Gasteiger partial charge in [-0.25, -0.2) is 0 Å². The van der Waals surface area contributed by atoms with Gasteiger partial charge in [0.15, 0.2) is 0 Å².